The van der Waals surface area contributed by atoms with E-state index in [4.69, 9.17) is 10.6 Å². The van der Waals surface area contributed by atoms with Gasteiger partial charge in [0.25, 0.3) is 5.91 Å². The third-order valence-electron chi connectivity index (χ3n) is 1.39. The number of nitrogens with two attached hydrogens (primary N) is 1. The number of hydrogen-bond acceptors (Lipinski definition) is 4. The van der Waals surface area contributed by atoms with Gasteiger partial charge in [-0.05, 0) is 13.3 Å². The number of nitrogens with zero attached hydrogens (tertiary/aromatic N) is 1. The van der Waals surface area contributed by atoms with Gasteiger partial charge in [0.2, 0.25) is 0 Å². The Morgan fingerprint density at radius 2 is 2.31 bits per heavy atom. The molecule has 0 radical (unpaired) electrons. The van der Waals surface area contributed by atoms with E-state index in [1.54, 1.807) is 6.92 Å². The first-order chi connectivity index (χ1) is 6.13. The van der Waals surface area contributed by atoms with Crippen molar-refractivity contribution in [3.05, 3.63) is 0 Å². The van der Waals surface area contributed by atoms with Crippen molar-refractivity contribution in [3.8, 4) is 0 Å². The lowest BCUT2D eigenvalue weighted by molar-refractivity contribution is -0.186. The molecular formula is C8H18N2O2S. The summed E-state index contributed by atoms with van der Waals surface area (Å²) >= 11 is 4.03. The van der Waals surface area contributed by atoms with E-state index in [0.717, 1.165) is 6.42 Å². The van der Waals surface area contributed by atoms with Crippen LogP contribution in [0.15, 0.2) is 0 Å². The van der Waals surface area contributed by atoms with E-state index in [9.17, 15) is 4.79 Å². The van der Waals surface area contributed by atoms with Crippen LogP contribution < -0.4 is 5.73 Å². The summed E-state index contributed by atoms with van der Waals surface area (Å²) in [6.07, 6.45) is 0.870. The average molecular weight is 206 g/mol. The molecule has 0 unspecified atom stereocenters. The van der Waals surface area contributed by atoms with Crippen LogP contribution in [0.3, 0.4) is 0 Å². The van der Waals surface area contributed by atoms with Crippen LogP contribution in [0.5, 0.6) is 0 Å². The fraction of sp³-hybridized carbons (Fsp3) is 0.875. The monoisotopic (exact) mass is 206 g/mol. The summed E-state index contributed by atoms with van der Waals surface area (Å²) in [5, 5.41) is 1.29. The van der Waals surface area contributed by atoms with Crippen molar-refractivity contribution in [1.82, 2.24) is 5.06 Å². The van der Waals surface area contributed by atoms with E-state index in [2.05, 4.69) is 12.6 Å². The quantitative estimate of drug-likeness (QED) is 0.489. The number of hydrogen-bond donors (Lipinski definition) is 2. The van der Waals surface area contributed by atoms with E-state index in [1.165, 1.54) is 5.06 Å². The Bertz CT molecular complexity index is 153. The highest BCUT2D eigenvalue weighted by molar-refractivity contribution is 7.80. The molecule has 5 heteroatoms. The maximum atomic E-state index is 11.4. The SMILES string of the molecule is CCCON(CCS)C(=O)[C@H](C)N. The zero-order valence-electron chi connectivity index (χ0n) is 8.19. The van der Waals surface area contributed by atoms with Crippen LogP contribution in [0, 0.1) is 0 Å². The Hall–Kier alpha value is -0.260. The van der Waals surface area contributed by atoms with Gasteiger partial charge >= 0.3 is 0 Å². The van der Waals surface area contributed by atoms with Gasteiger partial charge in [-0.25, -0.2) is 5.06 Å². The summed E-state index contributed by atoms with van der Waals surface area (Å²) in [7, 11) is 0. The number of hydroxylamine groups is 2. The van der Waals surface area contributed by atoms with Crippen LogP contribution in [-0.4, -0.2) is 35.9 Å². The van der Waals surface area contributed by atoms with E-state index in [-0.39, 0.29) is 5.91 Å². The van der Waals surface area contributed by atoms with Gasteiger partial charge in [-0.2, -0.15) is 12.6 Å². The number of carbonyl (C=O) groups is 1. The standard InChI is InChI=1S/C8H18N2O2S/c1-3-5-12-10(4-6-13)8(11)7(2)9/h7,13H,3-6,9H2,1-2H3/t7-/m0/s1. The maximum Gasteiger partial charge on any atom is 0.262 e. The zero-order chi connectivity index (χ0) is 10.3. The molecule has 0 aliphatic rings. The third kappa shape index (κ3) is 5.13. The first-order valence-corrected chi connectivity index (χ1v) is 5.07. The molecule has 0 spiro atoms. The zero-order valence-corrected chi connectivity index (χ0v) is 9.09. The normalized spacial score (nSPS) is 12.6. The molecule has 0 saturated heterocycles. The van der Waals surface area contributed by atoms with E-state index < -0.39 is 6.04 Å². The third-order valence-corrected chi connectivity index (χ3v) is 1.59. The summed E-state index contributed by atoms with van der Waals surface area (Å²) in [5.74, 6) is 0.379. The highest BCUT2D eigenvalue weighted by Gasteiger charge is 2.16. The summed E-state index contributed by atoms with van der Waals surface area (Å²) in [5.41, 5.74) is 5.44. The van der Waals surface area contributed by atoms with Crippen molar-refractivity contribution in [1.29, 1.82) is 0 Å². The minimum atomic E-state index is -0.517. The number of carbonyl (C=O) groups excluding carboxylic acids is 1. The topological polar surface area (TPSA) is 55.6 Å². The smallest absolute Gasteiger partial charge is 0.262 e. The van der Waals surface area contributed by atoms with Gasteiger partial charge in [0.05, 0.1) is 19.2 Å². The highest BCUT2D eigenvalue weighted by atomic mass is 32.1. The lowest BCUT2D eigenvalue weighted by atomic mass is 10.3. The molecule has 0 heterocycles. The van der Waals surface area contributed by atoms with E-state index >= 15 is 0 Å². The van der Waals surface area contributed by atoms with Gasteiger partial charge in [-0.3, -0.25) is 9.63 Å². The first kappa shape index (κ1) is 12.7. The van der Waals surface area contributed by atoms with Gasteiger partial charge in [0.1, 0.15) is 0 Å². The van der Waals surface area contributed by atoms with Crippen LogP contribution in [-0.2, 0) is 9.63 Å². The molecule has 0 fully saturated rings. The fourth-order valence-corrected chi connectivity index (χ4v) is 0.939. The van der Waals surface area contributed by atoms with Crippen molar-refractivity contribution in [3.63, 3.8) is 0 Å². The Kier molecular flexibility index (Phi) is 7.03. The molecule has 13 heavy (non-hydrogen) atoms. The minimum Gasteiger partial charge on any atom is -0.320 e. The second-order valence-electron chi connectivity index (χ2n) is 2.79. The van der Waals surface area contributed by atoms with Crippen LogP contribution in [0.1, 0.15) is 20.3 Å². The lowest BCUT2D eigenvalue weighted by Crippen LogP contribution is -2.43. The molecule has 2 N–H and O–H groups in total. The molecular weight excluding hydrogens is 188 g/mol. The number of rotatable bonds is 6. The van der Waals surface area contributed by atoms with Gasteiger partial charge < -0.3 is 5.73 Å². The number of amides is 1. The largest absolute Gasteiger partial charge is 0.320 e. The average Bonchev–Trinajstić information content (AvgIpc) is 2.11. The van der Waals surface area contributed by atoms with Crippen molar-refractivity contribution < 1.29 is 9.63 Å². The molecule has 1 atom stereocenters. The summed E-state index contributed by atoms with van der Waals surface area (Å²) in [6, 6.07) is -0.517. The van der Waals surface area contributed by atoms with Gasteiger partial charge in [0, 0.05) is 5.75 Å². The molecule has 0 aromatic heterocycles. The molecule has 0 bridgehead atoms. The molecule has 0 rings (SSSR count). The van der Waals surface area contributed by atoms with Gasteiger partial charge in [0.15, 0.2) is 0 Å². The van der Waals surface area contributed by atoms with Crippen molar-refractivity contribution in [2.75, 3.05) is 18.9 Å². The Morgan fingerprint density at radius 3 is 2.69 bits per heavy atom. The maximum absolute atomic E-state index is 11.4. The van der Waals surface area contributed by atoms with Crippen LogP contribution in [0.2, 0.25) is 0 Å². The second kappa shape index (κ2) is 7.17. The highest BCUT2D eigenvalue weighted by Crippen LogP contribution is 1.97. The van der Waals surface area contributed by atoms with Gasteiger partial charge in [-0.15, -0.1) is 0 Å². The Morgan fingerprint density at radius 1 is 1.69 bits per heavy atom. The summed E-state index contributed by atoms with van der Waals surface area (Å²) in [6.45, 7) is 4.63. The first-order valence-electron chi connectivity index (χ1n) is 4.44. The van der Waals surface area contributed by atoms with E-state index in [0.29, 0.717) is 18.9 Å². The molecule has 1 amide bonds. The second-order valence-corrected chi connectivity index (χ2v) is 3.23. The summed E-state index contributed by atoms with van der Waals surface area (Å²) < 4.78 is 0. The fourth-order valence-electron chi connectivity index (χ4n) is 0.758. The molecule has 0 aromatic rings. The predicted octanol–water partition coefficient (Wildman–Crippen LogP) is 0.434. The van der Waals surface area contributed by atoms with Gasteiger partial charge in [-0.1, -0.05) is 6.92 Å². The van der Waals surface area contributed by atoms with E-state index in [1.807, 2.05) is 6.92 Å². The minimum absolute atomic E-state index is 0.192. The number of thiol groups is 1. The molecule has 4 nitrogen and oxygen atoms in total. The van der Waals surface area contributed by atoms with Crippen LogP contribution >= 0.6 is 12.6 Å². The van der Waals surface area contributed by atoms with Crippen molar-refractivity contribution in [2.24, 2.45) is 5.73 Å². The molecule has 0 saturated carbocycles. The summed E-state index contributed by atoms with van der Waals surface area (Å²) in [4.78, 5) is 16.6. The Labute approximate surface area is 84.8 Å². The molecule has 0 aromatic carbocycles. The molecule has 78 valence electrons. The molecule has 0 aliphatic carbocycles. The molecule has 0 aliphatic heterocycles. The van der Waals surface area contributed by atoms with Crippen LogP contribution in [0.4, 0.5) is 0 Å². The lowest BCUT2D eigenvalue weighted by Gasteiger charge is -2.22. The van der Waals surface area contributed by atoms with Crippen LogP contribution in [0.25, 0.3) is 0 Å². The Balaban J connectivity index is 3.99. The van der Waals surface area contributed by atoms with Crippen molar-refractivity contribution in [2.45, 2.75) is 26.3 Å². The predicted molar refractivity (Wildman–Crippen MR) is 55.5 cm³/mol. The van der Waals surface area contributed by atoms with Crippen molar-refractivity contribution >= 4 is 18.5 Å².